The number of aromatic nitrogens is 1. The summed E-state index contributed by atoms with van der Waals surface area (Å²) in [5.41, 5.74) is 2.38. The summed E-state index contributed by atoms with van der Waals surface area (Å²) in [6.45, 7) is 1.73. The van der Waals surface area contributed by atoms with E-state index in [1.54, 1.807) is 35.2 Å². The van der Waals surface area contributed by atoms with Gasteiger partial charge in [0.05, 0.1) is 5.56 Å². The minimum atomic E-state index is -0.460. The Morgan fingerprint density at radius 3 is 2.81 bits per heavy atom. The summed E-state index contributed by atoms with van der Waals surface area (Å²) in [6.07, 6.45) is 4.31. The van der Waals surface area contributed by atoms with Crippen molar-refractivity contribution in [3.8, 4) is 0 Å². The molecule has 0 aliphatic heterocycles. The Balaban J connectivity index is 1.54. The maximum absolute atomic E-state index is 12.4. The van der Waals surface area contributed by atoms with E-state index in [9.17, 15) is 9.59 Å². The molecule has 1 heterocycles. The van der Waals surface area contributed by atoms with Gasteiger partial charge in [-0.15, -0.1) is 11.3 Å². The van der Waals surface area contributed by atoms with Crippen molar-refractivity contribution < 1.29 is 14.3 Å². The van der Waals surface area contributed by atoms with Crippen LogP contribution >= 0.6 is 23.1 Å². The van der Waals surface area contributed by atoms with Crippen molar-refractivity contribution in [1.29, 1.82) is 0 Å². The second kappa shape index (κ2) is 9.19. The van der Waals surface area contributed by atoms with Crippen molar-refractivity contribution in [3.63, 3.8) is 0 Å². The van der Waals surface area contributed by atoms with Crippen molar-refractivity contribution in [1.82, 2.24) is 10.3 Å². The average molecular weight is 391 g/mol. The third-order valence-corrected chi connectivity index (χ3v) is 6.43. The van der Waals surface area contributed by atoms with Gasteiger partial charge in [0.1, 0.15) is 4.34 Å². The Morgan fingerprint density at radius 1 is 1.31 bits per heavy atom. The van der Waals surface area contributed by atoms with Gasteiger partial charge >= 0.3 is 5.97 Å². The summed E-state index contributed by atoms with van der Waals surface area (Å²) in [6, 6.07) is 7.57. The molecular weight excluding hydrogens is 368 g/mol. The molecule has 1 aliphatic rings. The molecular formula is C19H22N2O3S2. The van der Waals surface area contributed by atoms with Gasteiger partial charge in [0.15, 0.2) is 6.61 Å². The molecule has 1 N–H and O–H groups in total. The Kier molecular flexibility index (Phi) is 6.68. The molecule has 1 aliphatic carbocycles. The number of hydrogen-bond acceptors (Lipinski definition) is 6. The zero-order valence-corrected chi connectivity index (χ0v) is 16.3. The normalized spacial score (nSPS) is 14.3. The third kappa shape index (κ3) is 5.32. The van der Waals surface area contributed by atoms with Gasteiger partial charge in [0, 0.05) is 22.9 Å². The maximum atomic E-state index is 12.4. The number of ether oxygens (including phenoxy) is 1. The Labute approximate surface area is 161 Å². The molecule has 0 atom stereocenters. The summed E-state index contributed by atoms with van der Waals surface area (Å²) in [7, 11) is 0. The molecule has 3 rings (SSSR count). The summed E-state index contributed by atoms with van der Waals surface area (Å²) in [5.74, 6) is -0.0552. The number of amides is 1. The summed E-state index contributed by atoms with van der Waals surface area (Å²) < 4.78 is 6.20. The fourth-order valence-electron chi connectivity index (χ4n) is 2.93. The molecule has 1 amide bonds. The molecule has 1 saturated carbocycles. The van der Waals surface area contributed by atoms with Crippen molar-refractivity contribution >= 4 is 35.0 Å². The molecule has 0 radical (unpaired) electrons. The molecule has 2 aromatic rings. The van der Waals surface area contributed by atoms with Crippen molar-refractivity contribution in [3.05, 3.63) is 46.5 Å². The Bertz CT molecular complexity index is 770. The molecule has 0 bridgehead atoms. The molecule has 0 saturated heterocycles. The lowest BCUT2D eigenvalue weighted by molar-refractivity contribution is -0.124. The van der Waals surface area contributed by atoms with Crippen LogP contribution in [0.1, 0.15) is 47.3 Å². The van der Waals surface area contributed by atoms with E-state index in [2.05, 4.69) is 10.3 Å². The molecule has 26 heavy (non-hydrogen) atoms. The van der Waals surface area contributed by atoms with E-state index < -0.39 is 5.97 Å². The summed E-state index contributed by atoms with van der Waals surface area (Å²) in [4.78, 5) is 28.8. The summed E-state index contributed by atoms with van der Waals surface area (Å²) >= 11 is 3.19. The van der Waals surface area contributed by atoms with Gasteiger partial charge < -0.3 is 10.1 Å². The van der Waals surface area contributed by atoms with Crippen molar-refractivity contribution in [2.24, 2.45) is 0 Å². The second-order valence-corrected chi connectivity index (χ2v) is 8.41. The highest BCUT2D eigenvalue weighted by Crippen LogP contribution is 2.27. The van der Waals surface area contributed by atoms with Gasteiger partial charge in [-0.2, -0.15) is 0 Å². The minimum absolute atomic E-state index is 0.227. The first-order chi connectivity index (χ1) is 12.6. The smallest absolute Gasteiger partial charge is 0.338 e. The lowest BCUT2D eigenvalue weighted by atomic mass is 10.1. The number of thiazole rings is 1. The van der Waals surface area contributed by atoms with Crippen LogP contribution in [0.3, 0.4) is 0 Å². The quantitative estimate of drug-likeness (QED) is 0.572. The van der Waals surface area contributed by atoms with E-state index in [1.807, 2.05) is 24.4 Å². The van der Waals surface area contributed by atoms with E-state index in [-0.39, 0.29) is 18.6 Å². The first-order valence-corrected chi connectivity index (χ1v) is 10.6. The van der Waals surface area contributed by atoms with Crippen LogP contribution in [0.25, 0.3) is 0 Å². The number of rotatable bonds is 7. The van der Waals surface area contributed by atoms with Crippen LogP contribution in [0.5, 0.6) is 0 Å². The van der Waals surface area contributed by atoms with Crippen LogP contribution in [-0.4, -0.2) is 29.5 Å². The van der Waals surface area contributed by atoms with Gasteiger partial charge in [-0.05, 0) is 31.4 Å². The van der Waals surface area contributed by atoms with Crippen LogP contribution in [0.15, 0.2) is 34.0 Å². The van der Waals surface area contributed by atoms with Crippen LogP contribution in [0, 0.1) is 6.92 Å². The highest BCUT2D eigenvalue weighted by Gasteiger charge is 2.19. The number of nitrogens with one attached hydrogen (secondary N) is 1. The monoisotopic (exact) mass is 390 g/mol. The van der Waals surface area contributed by atoms with E-state index >= 15 is 0 Å². The fraction of sp³-hybridized carbons (Fsp3) is 0.421. The first kappa shape index (κ1) is 18.9. The molecule has 138 valence electrons. The molecule has 7 heteroatoms. The van der Waals surface area contributed by atoms with E-state index in [0.717, 1.165) is 41.3 Å². The highest BCUT2D eigenvalue weighted by atomic mass is 32.2. The number of hydrogen-bond donors (Lipinski definition) is 1. The lowest BCUT2D eigenvalue weighted by Gasteiger charge is -2.12. The van der Waals surface area contributed by atoms with E-state index in [1.165, 1.54) is 0 Å². The molecule has 5 nitrogen and oxygen atoms in total. The average Bonchev–Trinajstić information content (AvgIpc) is 3.30. The highest BCUT2D eigenvalue weighted by molar-refractivity contribution is 8.00. The number of benzene rings is 1. The van der Waals surface area contributed by atoms with Gasteiger partial charge in [-0.3, -0.25) is 4.79 Å². The maximum Gasteiger partial charge on any atom is 0.338 e. The lowest BCUT2D eigenvalue weighted by Crippen LogP contribution is -2.36. The third-order valence-electron chi connectivity index (χ3n) is 4.24. The Morgan fingerprint density at radius 2 is 2.08 bits per heavy atom. The molecule has 1 aromatic heterocycles. The number of esters is 1. The zero-order chi connectivity index (χ0) is 18.4. The number of thioether (sulfide) groups is 1. The number of carbonyl (C=O) groups is 2. The zero-order valence-electron chi connectivity index (χ0n) is 14.7. The van der Waals surface area contributed by atoms with Gasteiger partial charge in [-0.1, -0.05) is 42.8 Å². The number of carbonyl (C=O) groups excluding carboxylic acids is 2. The predicted octanol–water partition coefficient (Wildman–Crippen LogP) is 3.96. The van der Waals surface area contributed by atoms with Crippen LogP contribution in [-0.2, 0) is 15.3 Å². The second-order valence-electron chi connectivity index (χ2n) is 6.33. The van der Waals surface area contributed by atoms with E-state index in [4.69, 9.17) is 4.74 Å². The largest absolute Gasteiger partial charge is 0.452 e. The Hall–Kier alpha value is -1.86. The minimum Gasteiger partial charge on any atom is -0.452 e. The molecule has 1 aromatic carbocycles. The van der Waals surface area contributed by atoms with Crippen LogP contribution in [0.4, 0.5) is 0 Å². The van der Waals surface area contributed by atoms with Gasteiger partial charge in [0.25, 0.3) is 5.91 Å². The van der Waals surface area contributed by atoms with Gasteiger partial charge in [0.2, 0.25) is 0 Å². The van der Waals surface area contributed by atoms with Crippen molar-refractivity contribution in [2.75, 3.05) is 6.61 Å². The standard InChI is InChI=1S/C19H22N2O3S2/c1-13-11-25-19(20-13)26-12-14-6-2-5-9-16(14)18(23)24-10-17(22)21-15-7-3-4-8-15/h2,5-6,9,11,15H,3-4,7-8,10,12H2,1H3,(H,21,22). The molecule has 1 fully saturated rings. The topological polar surface area (TPSA) is 68.3 Å². The fourth-order valence-corrected chi connectivity index (χ4v) is 4.79. The van der Waals surface area contributed by atoms with Crippen LogP contribution < -0.4 is 5.32 Å². The van der Waals surface area contributed by atoms with E-state index in [0.29, 0.717) is 11.3 Å². The van der Waals surface area contributed by atoms with Gasteiger partial charge in [-0.25, -0.2) is 9.78 Å². The molecule has 0 spiro atoms. The van der Waals surface area contributed by atoms with Crippen molar-refractivity contribution in [2.45, 2.75) is 48.7 Å². The summed E-state index contributed by atoms with van der Waals surface area (Å²) in [5, 5.41) is 4.93. The number of nitrogens with zero attached hydrogens (tertiary/aromatic N) is 1. The predicted molar refractivity (Wildman–Crippen MR) is 104 cm³/mol. The molecule has 0 unspecified atom stereocenters. The first-order valence-electron chi connectivity index (χ1n) is 8.71. The SMILES string of the molecule is Cc1csc(SCc2ccccc2C(=O)OCC(=O)NC2CCCC2)n1. The van der Waals surface area contributed by atoms with Crippen LogP contribution in [0.2, 0.25) is 0 Å². The number of aryl methyl sites for hydroxylation is 1.